The summed E-state index contributed by atoms with van der Waals surface area (Å²) in [5.41, 5.74) is 2.13. The highest BCUT2D eigenvalue weighted by atomic mass is 16.5. The number of hydrogen-bond acceptors (Lipinski definition) is 4. The first-order chi connectivity index (χ1) is 10.0. The van der Waals surface area contributed by atoms with Gasteiger partial charge in [0.2, 0.25) is 0 Å². The molecule has 0 bridgehead atoms. The highest BCUT2D eigenvalue weighted by molar-refractivity contribution is 5.82. The number of urea groups is 1. The summed E-state index contributed by atoms with van der Waals surface area (Å²) >= 11 is 0. The molecular weight excluding hydrogens is 276 g/mol. The molecule has 8 heteroatoms. The highest BCUT2D eigenvalue weighted by Crippen LogP contribution is 2.04. The van der Waals surface area contributed by atoms with E-state index in [4.69, 9.17) is 9.84 Å². The number of H-pyrrole nitrogens is 1. The molecule has 0 saturated heterocycles. The van der Waals surface area contributed by atoms with Crippen LogP contribution in [-0.2, 0) is 16.0 Å². The van der Waals surface area contributed by atoms with E-state index in [0.29, 0.717) is 6.54 Å². The average molecular weight is 298 g/mol. The molecule has 0 aliphatic heterocycles. The number of nitrogens with one attached hydrogen (secondary N) is 3. The van der Waals surface area contributed by atoms with E-state index in [1.165, 1.54) is 7.11 Å². The fourth-order valence-electron chi connectivity index (χ4n) is 1.81. The first-order valence-corrected chi connectivity index (χ1v) is 6.79. The summed E-state index contributed by atoms with van der Waals surface area (Å²) in [5, 5.41) is 20.8. The zero-order valence-corrected chi connectivity index (χ0v) is 12.3. The summed E-state index contributed by atoms with van der Waals surface area (Å²) in [5.74, 6) is -1.07. The van der Waals surface area contributed by atoms with Crippen molar-refractivity contribution in [2.45, 2.75) is 32.2 Å². The number of aromatic amines is 1. The van der Waals surface area contributed by atoms with Crippen molar-refractivity contribution < 1.29 is 19.4 Å². The third-order valence-corrected chi connectivity index (χ3v) is 3.06. The largest absolute Gasteiger partial charge is 0.480 e. The third kappa shape index (κ3) is 6.26. The lowest BCUT2D eigenvalue weighted by Gasteiger charge is -2.14. The van der Waals surface area contributed by atoms with Crippen molar-refractivity contribution in [3.05, 3.63) is 17.5 Å². The number of ether oxygens (including phenoxy) is 1. The van der Waals surface area contributed by atoms with E-state index in [1.807, 2.05) is 6.92 Å². The normalized spacial score (nSPS) is 11.9. The van der Waals surface area contributed by atoms with Gasteiger partial charge in [-0.2, -0.15) is 5.10 Å². The molecule has 1 unspecified atom stereocenters. The fraction of sp³-hybridized carbons (Fsp3) is 0.615. The lowest BCUT2D eigenvalue weighted by Crippen LogP contribution is -2.46. The Morgan fingerprint density at radius 1 is 1.52 bits per heavy atom. The molecule has 8 nitrogen and oxygen atoms in total. The van der Waals surface area contributed by atoms with E-state index in [0.717, 1.165) is 24.1 Å². The number of methoxy groups -OCH3 is 1. The van der Waals surface area contributed by atoms with Crippen LogP contribution in [0.25, 0.3) is 0 Å². The van der Waals surface area contributed by atoms with Crippen molar-refractivity contribution >= 4 is 12.0 Å². The Labute approximate surface area is 123 Å². The highest BCUT2D eigenvalue weighted by Gasteiger charge is 2.19. The molecule has 1 rings (SSSR count). The summed E-state index contributed by atoms with van der Waals surface area (Å²) in [4.78, 5) is 22.6. The Kier molecular flexibility index (Phi) is 7.24. The molecule has 1 aromatic rings. The van der Waals surface area contributed by atoms with Crippen LogP contribution in [0.2, 0.25) is 0 Å². The minimum atomic E-state index is -1.07. The van der Waals surface area contributed by atoms with Crippen LogP contribution >= 0.6 is 0 Å². The number of amides is 2. The summed E-state index contributed by atoms with van der Waals surface area (Å²) in [7, 11) is 1.48. The topological polar surface area (TPSA) is 116 Å². The Morgan fingerprint density at radius 2 is 2.29 bits per heavy atom. The molecule has 4 N–H and O–H groups in total. The van der Waals surface area contributed by atoms with Crippen molar-refractivity contribution in [3.63, 3.8) is 0 Å². The van der Waals surface area contributed by atoms with Crippen LogP contribution in [0.5, 0.6) is 0 Å². The average Bonchev–Trinajstić information content (AvgIpc) is 2.84. The zero-order valence-electron chi connectivity index (χ0n) is 12.3. The van der Waals surface area contributed by atoms with Gasteiger partial charge in [-0.1, -0.05) is 0 Å². The second-order valence-electron chi connectivity index (χ2n) is 4.70. The van der Waals surface area contributed by atoms with Crippen LogP contribution in [-0.4, -0.2) is 53.6 Å². The Balaban J connectivity index is 2.23. The molecule has 0 radical (unpaired) electrons. The molecule has 0 aromatic carbocycles. The van der Waals surface area contributed by atoms with Gasteiger partial charge in [-0.25, -0.2) is 9.59 Å². The molecule has 0 aliphatic carbocycles. The van der Waals surface area contributed by atoms with E-state index in [2.05, 4.69) is 20.8 Å². The van der Waals surface area contributed by atoms with Crippen LogP contribution in [0, 0.1) is 6.92 Å². The smallest absolute Gasteiger partial charge is 0.326 e. The number of aliphatic carboxylic acids is 1. The predicted molar refractivity (Wildman–Crippen MR) is 76.1 cm³/mol. The SMILES string of the molecule is COCCC(NC(=O)NCCCc1cn[nH]c1C)C(=O)O. The molecule has 0 saturated carbocycles. The molecule has 21 heavy (non-hydrogen) atoms. The predicted octanol–water partition coefficient (Wildman–Crippen LogP) is 0.440. The van der Waals surface area contributed by atoms with Crippen molar-refractivity contribution in [2.75, 3.05) is 20.3 Å². The first kappa shape index (κ1) is 17.0. The summed E-state index contributed by atoms with van der Waals surface area (Å²) in [6, 6.07) is -1.43. The molecule has 2 amide bonds. The van der Waals surface area contributed by atoms with Gasteiger partial charge in [-0.05, 0) is 25.3 Å². The maximum absolute atomic E-state index is 11.6. The zero-order chi connectivity index (χ0) is 15.7. The number of carbonyl (C=O) groups excluding carboxylic acids is 1. The molecule has 0 aliphatic rings. The van der Waals surface area contributed by atoms with Crippen molar-refractivity contribution in [1.29, 1.82) is 0 Å². The minimum Gasteiger partial charge on any atom is -0.480 e. The number of carboxylic acids is 1. The third-order valence-electron chi connectivity index (χ3n) is 3.06. The standard InChI is InChI=1S/C13H22N4O4/c1-9-10(8-15-17-9)4-3-6-14-13(20)16-11(12(18)19)5-7-21-2/h8,11H,3-7H2,1-2H3,(H,15,17)(H,18,19)(H2,14,16,20). The molecule has 1 heterocycles. The molecule has 0 fully saturated rings. The van der Waals surface area contributed by atoms with E-state index < -0.39 is 18.0 Å². The number of carbonyl (C=O) groups is 2. The summed E-state index contributed by atoms with van der Waals surface area (Å²) in [6.45, 7) is 2.68. The molecule has 118 valence electrons. The van der Waals surface area contributed by atoms with E-state index in [-0.39, 0.29) is 13.0 Å². The lowest BCUT2D eigenvalue weighted by molar-refractivity contribution is -0.139. The Hall–Kier alpha value is -2.09. The number of aromatic nitrogens is 2. The summed E-state index contributed by atoms with van der Waals surface area (Å²) in [6.07, 6.45) is 3.55. The van der Waals surface area contributed by atoms with Crippen LogP contribution < -0.4 is 10.6 Å². The first-order valence-electron chi connectivity index (χ1n) is 6.79. The van der Waals surface area contributed by atoms with E-state index in [9.17, 15) is 9.59 Å². The number of hydrogen-bond donors (Lipinski definition) is 4. The molecular formula is C13H22N4O4. The van der Waals surface area contributed by atoms with E-state index in [1.54, 1.807) is 6.20 Å². The molecule has 1 atom stereocenters. The lowest BCUT2D eigenvalue weighted by atomic mass is 10.1. The quantitative estimate of drug-likeness (QED) is 0.494. The van der Waals surface area contributed by atoms with Crippen molar-refractivity contribution in [1.82, 2.24) is 20.8 Å². The molecule has 0 spiro atoms. The van der Waals surface area contributed by atoms with Crippen LogP contribution in [0.15, 0.2) is 6.20 Å². The summed E-state index contributed by atoms with van der Waals surface area (Å²) < 4.78 is 4.81. The van der Waals surface area contributed by atoms with Gasteiger partial charge in [0.15, 0.2) is 0 Å². The van der Waals surface area contributed by atoms with Gasteiger partial charge in [0.25, 0.3) is 0 Å². The van der Waals surface area contributed by atoms with Crippen LogP contribution in [0.4, 0.5) is 4.79 Å². The second kappa shape index (κ2) is 8.96. The van der Waals surface area contributed by atoms with Crippen LogP contribution in [0.1, 0.15) is 24.1 Å². The maximum atomic E-state index is 11.6. The maximum Gasteiger partial charge on any atom is 0.326 e. The van der Waals surface area contributed by atoms with Gasteiger partial charge in [0.1, 0.15) is 6.04 Å². The number of aryl methyl sites for hydroxylation is 2. The number of carboxylic acid groups (broad SMARTS) is 1. The number of nitrogens with zero attached hydrogens (tertiary/aromatic N) is 1. The van der Waals surface area contributed by atoms with Crippen molar-refractivity contribution in [2.24, 2.45) is 0 Å². The van der Waals surface area contributed by atoms with Gasteiger partial charge in [-0.15, -0.1) is 0 Å². The van der Waals surface area contributed by atoms with E-state index >= 15 is 0 Å². The van der Waals surface area contributed by atoms with Gasteiger partial charge in [0.05, 0.1) is 6.20 Å². The Bertz CT molecular complexity index is 461. The van der Waals surface area contributed by atoms with Gasteiger partial charge in [0, 0.05) is 32.4 Å². The Morgan fingerprint density at radius 3 is 2.86 bits per heavy atom. The fourth-order valence-corrected chi connectivity index (χ4v) is 1.81. The minimum absolute atomic E-state index is 0.230. The van der Waals surface area contributed by atoms with Gasteiger partial charge >= 0.3 is 12.0 Å². The van der Waals surface area contributed by atoms with Crippen LogP contribution in [0.3, 0.4) is 0 Å². The monoisotopic (exact) mass is 298 g/mol. The number of rotatable bonds is 9. The second-order valence-corrected chi connectivity index (χ2v) is 4.70. The van der Waals surface area contributed by atoms with Crippen molar-refractivity contribution in [3.8, 4) is 0 Å². The van der Waals surface area contributed by atoms with Gasteiger partial charge in [-0.3, -0.25) is 5.10 Å². The van der Waals surface area contributed by atoms with Gasteiger partial charge < -0.3 is 20.5 Å². The molecule has 1 aromatic heterocycles.